The van der Waals surface area contributed by atoms with Gasteiger partial charge in [-0.25, -0.2) is 4.57 Å². The van der Waals surface area contributed by atoms with Crippen molar-refractivity contribution in [1.82, 2.24) is 4.57 Å². The van der Waals surface area contributed by atoms with Crippen LogP contribution in [0.1, 0.15) is 0 Å². The van der Waals surface area contributed by atoms with Gasteiger partial charge in [-0.05, 0) is 12.1 Å². The highest BCUT2D eigenvalue weighted by Crippen LogP contribution is 2.70. The van der Waals surface area contributed by atoms with Crippen molar-refractivity contribution in [2.24, 2.45) is 0 Å². The molecule has 0 aliphatic carbocycles. The lowest BCUT2D eigenvalue weighted by atomic mass is 9.83. The summed E-state index contributed by atoms with van der Waals surface area (Å²) in [6, 6.07) is -2.33. The smallest absolute Gasteiger partial charge is 0.202 e. The van der Waals surface area contributed by atoms with E-state index in [0.717, 1.165) is 30.3 Å². The van der Waals surface area contributed by atoms with E-state index in [-0.39, 0.29) is 10.8 Å². The van der Waals surface area contributed by atoms with Gasteiger partial charge in [-0.3, -0.25) is 0 Å². The first-order valence-electron chi connectivity index (χ1n) is 13.7. The van der Waals surface area contributed by atoms with Crippen LogP contribution in [0.4, 0.5) is 145 Å². The highest BCUT2D eigenvalue weighted by Gasteiger charge is 3.02. The van der Waals surface area contributed by atoms with Gasteiger partial charge in [0.2, 0.25) is 0 Å². The molecule has 0 N–H and O–H groups in total. The minimum atomic E-state index is -10.2. The van der Waals surface area contributed by atoms with Crippen molar-refractivity contribution >= 4 is 0 Å². The Morgan fingerprint density at radius 3 is 0.783 bits per heavy atom. The van der Waals surface area contributed by atoms with Gasteiger partial charge in [0.05, 0.1) is 0 Å². The van der Waals surface area contributed by atoms with Crippen LogP contribution < -0.4 is 4.57 Å². The second-order valence-electron chi connectivity index (χ2n) is 11.6. The van der Waals surface area contributed by atoms with Crippen molar-refractivity contribution in [1.29, 1.82) is 0 Å². The zero-order valence-electron chi connectivity index (χ0n) is 26.5. The van der Waals surface area contributed by atoms with Crippen molar-refractivity contribution in [2.45, 2.75) is 95.1 Å². The van der Waals surface area contributed by atoms with E-state index in [2.05, 4.69) is 0 Å². The molecule has 348 valence electrons. The summed E-state index contributed by atoms with van der Waals surface area (Å²) in [4.78, 5) is 0. The van der Waals surface area contributed by atoms with Gasteiger partial charge in [0.15, 0.2) is 0 Å². The van der Waals surface area contributed by atoms with Gasteiger partial charge in [0.25, 0.3) is 6.33 Å². The molecule has 1 aromatic carbocycles. The van der Waals surface area contributed by atoms with E-state index in [4.69, 9.17) is 0 Å². The Morgan fingerprint density at radius 2 is 0.533 bits per heavy atom. The number of halogens is 33. The van der Waals surface area contributed by atoms with Crippen LogP contribution in [0.25, 0.3) is 5.69 Å². The number of nitrogens with zero attached hydrogens (tertiary/aromatic N) is 2. The van der Waals surface area contributed by atoms with Crippen LogP contribution >= 0.6 is 0 Å². The van der Waals surface area contributed by atoms with E-state index in [0.29, 0.717) is 0 Å². The van der Waals surface area contributed by atoms with Crippen molar-refractivity contribution in [3.8, 4) is 5.69 Å². The maximum atomic E-state index is 14.5. The Labute approximate surface area is 305 Å². The van der Waals surface area contributed by atoms with Crippen LogP contribution in [0.5, 0.6) is 0 Å². The molecule has 2 rings (SSSR count). The van der Waals surface area contributed by atoms with Gasteiger partial charge in [-0.2, -0.15) is 149 Å². The molecule has 35 heteroatoms. The molecule has 1 heterocycles. The summed E-state index contributed by atoms with van der Waals surface area (Å²) in [7, 11) is 0. The summed E-state index contributed by atoms with van der Waals surface area (Å²) in [6.07, 6.45) is -9.31. The molecule has 0 radical (unpaired) electrons. The third-order valence-electron chi connectivity index (χ3n) is 7.88. The number of alkyl halides is 33. The zero-order valence-corrected chi connectivity index (χ0v) is 26.5. The molecule has 0 atom stereocenters. The third kappa shape index (κ3) is 6.11. The van der Waals surface area contributed by atoms with Gasteiger partial charge < -0.3 is 0 Å². The maximum absolute atomic E-state index is 14.5. The zero-order chi connectivity index (χ0) is 48.4. The first-order valence-corrected chi connectivity index (χ1v) is 13.7. The molecular weight excluding hydrogens is 955 g/mol. The van der Waals surface area contributed by atoms with E-state index < -0.39 is 118 Å². The topological polar surface area (TPSA) is 8.81 Å². The van der Waals surface area contributed by atoms with E-state index in [9.17, 15) is 145 Å². The molecular formula is C25H8F33N2+. The quantitative estimate of drug-likeness (QED) is 0.117. The molecule has 0 bridgehead atoms. The fourth-order valence-electron chi connectivity index (χ4n) is 4.17. The number of imidazole rings is 1. The number of benzene rings is 1. The van der Waals surface area contributed by atoms with E-state index in [1.165, 1.54) is 0 Å². The summed E-state index contributed by atoms with van der Waals surface area (Å²) in [6.45, 7) is 0. The van der Waals surface area contributed by atoms with Gasteiger partial charge in [0.1, 0.15) is 18.1 Å². The monoisotopic (exact) mass is 963 g/mol. The fourth-order valence-corrected chi connectivity index (χ4v) is 4.17. The van der Waals surface area contributed by atoms with Crippen molar-refractivity contribution in [2.75, 3.05) is 0 Å². The molecule has 0 saturated carbocycles. The highest BCUT2D eigenvalue weighted by molar-refractivity contribution is 5.30. The molecule has 1 aromatic heterocycles. The Bertz CT molecular complexity index is 1850. The molecule has 60 heavy (non-hydrogen) atoms. The second kappa shape index (κ2) is 13.6. The average Bonchev–Trinajstić information content (AvgIpc) is 3.58. The Balaban J connectivity index is 2.78. The molecule has 0 fully saturated rings. The molecule has 0 aliphatic rings. The molecule has 2 nitrogen and oxygen atoms in total. The predicted molar refractivity (Wildman–Crippen MR) is 121 cm³/mol. The number of hydrogen-bond donors (Lipinski definition) is 0. The van der Waals surface area contributed by atoms with Crippen LogP contribution in [0.15, 0.2) is 49.1 Å². The van der Waals surface area contributed by atoms with Crippen molar-refractivity contribution < 1.29 is 149 Å². The average molecular weight is 963 g/mol. The minimum Gasteiger partial charge on any atom is -0.202 e. The first-order chi connectivity index (χ1) is 25.8. The normalized spacial score (nSPS) is 16.4. The number of aromatic nitrogens is 2. The summed E-state index contributed by atoms with van der Waals surface area (Å²) in [5, 5.41) is 0. The van der Waals surface area contributed by atoms with Crippen molar-refractivity contribution in [3.63, 3.8) is 0 Å². The lowest BCUT2D eigenvalue weighted by Crippen LogP contribution is -2.80. The number of hydrogen-bond acceptors (Lipinski definition) is 0. The van der Waals surface area contributed by atoms with Gasteiger partial charge >= 0.3 is 95.1 Å². The van der Waals surface area contributed by atoms with Crippen LogP contribution in [-0.4, -0.2) is 93.7 Å². The van der Waals surface area contributed by atoms with Crippen molar-refractivity contribution in [3.05, 3.63) is 49.1 Å². The van der Waals surface area contributed by atoms with Crippen LogP contribution in [0, 0.1) is 0 Å². The maximum Gasteiger partial charge on any atom is 0.469 e. The van der Waals surface area contributed by atoms with Crippen LogP contribution in [0.2, 0.25) is 0 Å². The van der Waals surface area contributed by atoms with Gasteiger partial charge in [-0.1, -0.05) is 18.2 Å². The molecule has 0 aliphatic heterocycles. The number of para-hydroxylation sites is 1. The fraction of sp³-hybridized carbons (Fsp3) is 0.640. The summed E-state index contributed by atoms with van der Waals surface area (Å²) >= 11 is 0. The predicted octanol–water partition coefficient (Wildman–Crippen LogP) is 11.8. The molecule has 0 amide bonds. The van der Waals surface area contributed by atoms with E-state index in [1.807, 2.05) is 0 Å². The SMILES string of the molecule is FC(F)(F)C(F)(F)C(F)(F)C(F)(F)C(F)(F)C(F)(F)C(F)(F)C(F)(F)C(F)(F)C(F)(F)C(F)(F)C(F)(F)C(F)(F)C(F)(F)C(F)(F)C(F)(F)[n+]1ccn(-c2ccccc2)c1. The first kappa shape index (κ1) is 52.3. The molecule has 2 aromatic rings. The lowest BCUT2D eigenvalue weighted by molar-refractivity contribution is -0.849. The molecule has 0 spiro atoms. The minimum absolute atomic E-state index is 0.126. The molecule has 0 saturated heterocycles. The Morgan fingerprint density at radius 1 is 0.300 bits per heavy atom. The molecule has 0 unspecified atom stereocenters. The van der Waals surface area contributed by atoms with E-state index >= 15 is 0 Å². The highest BCUT2D eigenvalue weighted by atomic mass is 19.4. The van der Waals surface area contributed by atoms with Crippen LogP contribution in [0.3, 0.4) is 0 Å². The van der Waals surface area contributed by atoms with E-state index in [1.54, 1.807) is 0 Å². The second-order valence-corrected chi connectivity index (χ2v) is 11.6. The number of rotatable bonds is 16. The largest absolute Gasteiger partial charge is 0.469 e. The van der Waals surface area contributed by atoms with Gasteiger partial charge in [-0.15, -0.1) is 0 Å². The van der Waals surface area contributed by atoms with Gasteiger partial charge in [0, 0.05) is 0 Å². The Hall–Kier alpha value is -3.88. The van der Waals surface area contributed by atoms with Crippen LogP contribution in [-0.2, 0) is 6.05 Å². The standard InChI is InChI=1S/C25H8F33N2/c26-10(27,12(30,31)14(34,35)16(38,39)18(42,43)20(46,47)22(50,51)24(54,55)56)11(28,29)13(32,33)15(36,37)17(40,41)19(44,45)21(48,49)23(52,53)25(57,58)60-7-6-59(8-60)9-4-2-1-3-5-9/h1-8H/q+1. The summed E-state index contributed by atoms with van der Waals surface area (Å²) in [5.74, 6) is -136. The lowest BCUT2D eigenvalue weighted by Gasteiger charge is -2.46. The summed E-state index contributed by atoms with van der Waals surface area (Å²) in [5.41, 5.74) is -0.444. The third-order valence-corrected chi connectivity index (χ3v) is 7.88. The Kier molecular flexibility index (Phi) is 11.8. The summed E-state index contributed by atoms with van der Waals surface area (Å²) < 4.78 is 454.